The van der Waals surface area contributed by atoms with E-state index >= 15 is 0 Å². The number of unbranched alkanes of at least 4 members (excludes halogenated alkanes) is 2. The van der Waals surface area contributed by atoms with Gasteiger partial charge in [-0.3, -0.25) is 14.5 Å². The van der Waals surface area contributed by atoms with Gasteiger partial charge in [-0.05, 0) is 67.6 Å². The number of hydrogen-bond donors (Lipinski definition) is 0. The SMILES string of the molecule is CCCCCc1ccc(C(=O)N2CCC3(CC2)SCC(=O)N3c2ccc(Cl)cc2)cc1. The lowest BCUT2D eigenvalue weighted by Crippen LogP contribution is -2.53. The fraction of sp³-hybridized carbons (Fsp3) is 0.440. The molecule has 2 amide bonds. The van der Waals surface area contributed by atoms with Crippen LogP contribution in [0.4, 0.5) is 5.69 Å². The number of halogens is 1. The second-order valence-corrected chi connectivity index (χ2v) is 10.2. The number of hydrogen-bond acceptors (Lipinski definition) is 3. The van der Waals surface area contributed by atoms with Crippen LogP contribution < -0.4 is 4.90 Å². The monoisotopic (exact) mass is 456 g/mol. The van der Waals surface area contributed by atoms with Crippen molar-refractivity contribution in [3.63, 3.8) is 0 Å². The van der Waals surface area contributed by atoms with E-state index in [9.17, 15) is 9.59 Å². The Labute approximate surface area is 193 Å². The number of carbonyl (C=O) groups is 2. The second-order valence-electron chi connectivity index (χ2n) is 8.39. The maximum atomic E-state index is 13.1. The minimum absolute atomic E-state index is 0.0855. The minimum atomic E-state index is -0.273. The molecule has 4 nitrogen and oxygen atoms in total. The van der Waals surface area contributed by atoms with Gasteiger partial charge in [0.25, 0.3) is 5.91 Å². The normalized spacial score (nSPS) is 18.1. The first-order valence-corrected chi connectivity index (χ1v) is 12.5. The van der Waals surface area contributed by atoms with Gasteiger partial charge in [0.05, 0.1) is 10.6 Å². The van der Waals surface area contributed by atoms with Crippen molar-refractivity contribution in [2.24, 2.45) is 0 Å². The van der Waals surface area contributed by atoms with Gasteiger partial charge in [-0.1, -0.05) is 43.5 Å². The molecule has 2 fully saturated rings. The molecule has 0 aliphatic carbocycles. The molecule has 2 aromatic rings. The molecule has 1 spiro atoms. The van der Waals surface area contributed by atoms with Crippen molar-refractivity contribution in [2.75, 3.05) is 23.7 Å². The third kappa shape index (κ3) is 4.78. The molecule has 2 aliphatic rings. The van der Waals surface area contributed by atoms with Crippen molar-refractivity contribution in [3.8, 4) is 0 Å². The van der Waals surface area contributed by atoms with Crippen molar-refractivity contribution in [3.05, 3.63) is 64.7 Å². The Morgan fingerprint density at radius 1 is 1.03 bits per heavy atom. The van der Waals surface area contributed by atoms with Crippen molar-refractivity contribution in [1.82, 2.24) is 4.90 Å². The highest BCUT2D eigenvalue weighted by Crippen LogP contribution is 2.47. The van der Waals surface area contributed by atoms with E-state index in [1.807, 2.05) is 46.2 Å². The van der Waals surface area contributed by atoms with Gasteiger partial charge in [-0.2, -0.15) is 0 Å². The summed E-state index contributed by atoms with van der Waals surface area (Å²) < 4.78 is 0. The number of carbonyl (C=O) groups excluding carboxylic acids is 2. The highest BCUT2D eigenvalue weighted by Gasteiger charge is 2.49. The van der Waals surface area contributed by atoms with Crippen LogP contribution in [0.1, 0.15) is 54.9 Å². The third-order valence-corrected chi connectivity index (χ3v) is 8.08. The van der Waals surface area contributed by atoms with Crippen LogP contribution in [0, 0.1) is 0 Å². The zero-order chi connectivity index (χ0) is 21.8. The number of benzene rings is 2. The van der Waals surface area contributed by atoms with Crippen molar-refractivity contribution in [2.45, 2.75) is 50.3 Å². The van der Waals surface area contributed by atoms with Crippen LogP contribution in [0.15, 0.2) is 48.5 Å². The zero-order valence-electron chi connectivity index (χ0n) is 18.0. The molecule has 0 radical (unpaired) electrons. The molecule has 2 heterocycles. The molecule has 0 unspecified atom stereocenters. The van der Waals surface area contributed by atoms with Crippen LogP contribution in [-0.4, -0.2) is 40.4 Å². The van der Waals surface area contributed by atoms with Crippen molar-refractivity contribution >= 4 is 40.9 Å². The summed E-state index contributed by atoms with van der Waals surface area (Å²) in [6.07, 6.45) is 6.26. The summed E-state index contributed by atoms with van der Waals surface area (Å²) in [6.45, 7) is 3.52. The highest BCUT2D eigenvalue weighted by molar-refractivity contribution is 8.02. The lowest BCUT2D eigenvalue weighted by Gasteiger charge is -2.44. The quantitative estimate of drug-likeness (QED) is 0.517. The van der Waals surface area contributed by atoms with Crippen LogP contribution in [0.5, 0.6) is 0 Å². The molecular weight excluding hydrogens is 428 g/mol. The highest BCUT2D eigenvalue weighted by atomic mass is 35.5. The molecule has 6 heteroatoms. The molecule has 2 aromatic carbocycles. The number of rotatable bonds is 6. The van der Waals surface area contributed by atoms with Crippen LogP contribution in [-0.2, 0) is 11.2 Å². The summed E-state index contributed by atoms with van der Waals surface area (Å²) in [5, 5.41) is 0.661. The Morgan fingerprint density at radius 2 is 1.71 bits per heavy atom. The number of aryl methyl sites for hydroxylation is 1. The van der Waals surface area contributed by atoms with Gasteiger partial charge in [0.15, 0.2) is 0 Å². The lowest BCUT2D eigenvalue weighted by molar-refractivity contribution is -0.116. The largest absolute Gasteiger partial charge is 0.338 e. The number of piperidine rings is 1. The molecule has 0 bridgehead atoms. The molecule has 2 saturated heterocycles. The average molecular weight is 457 g/mol. The predicted molar refractivity (Wildman–Crippen MR) is 129 cm³/mol. The molecule has 164 valence electrons. The van der Waals surface area contributed by atoms with E-state index in [1.54, 1.807) is 11.8 Å². The number of thioether (sulfide) groups is 1. The smallest absolute Gasteiger partial charge is 0.253 e. The Hall–Kier alpha value is -1.98. The van der Waals surface area contributed by atoms with Crippen molar-refractivity contribution < 1.29 is 9.59 Å². The summed E-state index contributed by atoms with van der Waals surface area (Å²) in [4.78, 5) is 29.3. The molecule has 0 aromatic heterocycles. The number of anilines is 1. The molecule has 2 aliphatic heterocycles. The topological polar surface area (TPSA) is 40.6 Å². The van der Waals surface area contributed by atoms with Gasteiger partial charge in [-0.25, -0.2) is 0 Å². The zero-order valence-corrected chi connectivity index (χ0v) is 19.6. The van der Waals surface area contributed by atoms with Gasteiger partial charge < -0.3 is 4.90 Å². The Bertz CT molecular complexity index is 922. The first-order valence-electron chi connectivity index (χ1n) is 11.1. The van der Waals surface area contributed by atoms with Gasteiger partial charge >= 0.3 is 0 Å². The summed E-state index contributed by atoms with van der Waals surface area (Å²) in [5.74, 6) is 0.698. The molecule has 31 heavy (non-hydrogen) atoms. The van der Waals surface area contributed by atoms with E-state index in [0.29, 0.717) is 23.9 Å². The number of likely N-dealkylation sites (tertiary alicyclic amines) is 1. The summed E-state index contributed by atoms with van der Waals surface area (Å²) in [7, 11) is 0. The minimum Gasteiger partial charge on any atom is -0.338 e. The van der Waals surface area contributed by atoms with E-state index in [0.717, 1.165) is 30.5 Å². The maximum absolute atomic E-state index is 13.1. The first-order chi connectivity index (χ1) is 15.0. The van der Waals surface area contributed by atoms with Crippen LogP contribution in [0.3, 0.4) is 0 Å². The summed E-state index contributed by atoms with van der Waals surface area (Å²) in [6, 6.07) is 15.6. The van der Waals surface area contributed by atoms with Crippen LogP contribution in [0.2, 0.25) is 5.02 Å². The van der Waals surface area contributed by atoms with Crippen LogP contribution in [0.25, 0.3) is 0 Å². The van der Waals surface area contributed by atoms with E-state index in [2.05, 4.69) is 19.1 Å². The van der Waals surface area contributed by atoms with Crippen LogP contribution >= 0.6 is 23.4 Å². The van der Waals surface area contributed by atoms with Gasteiger partial charge in [0.2, 0.25) is 5.91 Å². The number of nitrogens with zero attached hydrogens (tertiary/aromatic N) is 2. The molecular formula is C25H29ClN2O2S. The number of amides is 2. The van der Waals surface area contributed by atoms with E-state index in [4.69, 9.17) is 11.6 Å². The van der Waals surface area contributed by atoms with E-state index in [1.165, 1.54) is 24.8 Å². The molecule has 4 rings (SSSR count). The van der Waals surface area contributed by atoms with E-state index in [-0.39, 0.29) is 16.7 Å². The molecule has 0 N–H and O–H groups in total. The van der Waals surface area contributed by atoms with Gasteiger partial charge in [0.1, 0.15) is 0 Å². The average Bonchev–Trinajstić information content (AvgIpc) is 3.10. The fourth-order valence-corrected chi connectivity index (χ4v) is 5.98. The first kappa shape index (κ1) is 22.2. The second kappa shape index (κ2) is 9.66. The Balaban J connectivity index is 1.41. The Kier molecular flexibility index (Phi) is 6.92. The standard InChI is InChI=1S/C25H29ClN2O2S/c1-2-3-4-5-19-6-8-20(9-7-19)24(30)27-16-14-25(15-17-27)28(23(29)18-31-25)22-12-10-21(26)11-13-22/h6-13H,2-5,14-18H2,1H3. The van der Waals surface area contributed by atoms with Crippen molar-refractivity contribution in [1.29, 1.82) is 0 Å². The molecule has 0 atom stereocenters. The van der Waals surface area contributed by atoms with E-state index < -0.39 is 0 Å². The maximum Gasteiger partial charge on any atom is 0.253 e. The summed E-state index contributed by atoms with van der Waals surface area (Å²) >= 11 is 7.74. The lowest BCUT2D eigenvalue weighted by atomic mass is 9.99. The summed E-state index contributed by atoms with van der Waals surface area (Å²) in [5.41, 5.74) is 2.93. The van der Waals surface area contributed by atoms with Gasteiger partial charge in [-0.15, -0.1) is 11.8 Å². The van der Waals surface area contributed by atoms with Gasteiger partial charge in [0, 0.05) is 29.4 Å². The fourth-order valence-electron chi connectivity index (χ4n) is 4.52. The molecule has 0 saturated carbocycles. The Morgan fingerprint density at radius 3 is 2.35 bits per heavy atom. The third-order valence-electron chi connectivity index (χ3n) is 6.31. The predicted octanol–water partition coefficient (Wildman–Crippen LogP) is 5.79.